The summed E-state index contributed by atoms with van der Waals surface area (Å²) in [4.78, 5) is 26.1. The van der Waals surface area contributed by atoms with Crippen LogP contribution < -0.4 is 5.32 Å². The van der Waals surface area contributed by atoms with E-state index >= 15 is 0 Å². The number of nitrogens with zero attached hydrogens (tertiary/aromatic N) is 2. The lowest BCUT2D eigenvalue weighted by molar-refractivity contribution is -0.132. The van der Waals surface area contributed by atoms with Crippen LogP contribution in [-0.2, 0) is 9.59 Å². The first kappa shape index (κ1) is 16.1. The van der Waals surface area contributed by atoms with E-state index in [1.807, 2.05) is 19.9 Å². The van der Waals surface area contributed by atoms with Crippen LogP contribution in [0.2, 0.25) is 0 Å². The zero-order valence-corrected chi connectivity index (χ0v) is 13.3. The van der Waals surface area contributed by atoms with Crippen LogP contribution in [0.15, 0.2) is 35.9 Å². The molecule has 114 valence electrons. The fraction of sp³-hybridized carbons (Fsp3) is 0.312. The number of hydrogen-bond donors (Lipinski definition) is 1. The number of nitrogens with one attached hydrogen (secondary N) is 1. The quantitative estimate of drug-likeness (QED) is 0.869. The number of benzene rings is 1. The van der Waals surface area contributed by atoms with Crippen LogP contribution in [0, 0.1) is 11.3 Å². The number of rotatable bonds is 3. The van der Waals surface area contributed by atoms with Crippen LogP contribution in [0.25, 0.3) is 0 Å². The molecular weight excluding hydrogens is 298 g/mol. The molecule has 1 aromatic rings. The molecule has 1 N–H and O–H groups in total. The van der Waals surface area contributed by atoms with Crippen molar-refractivity contribution in [3.63, 3.8) is 0 Å². The Kier molecular flexibility index (Phi) is 5.23. The molecule has 0 aromatic heterocycles. The number of carbonyl (C=O) groups is 2. The molecule has 1 fully saturated rings. The summed E-state index contributed by atoms with van der Waals surface area (Å²) in [6, 6.07) is 8.21. The second-order valence-electron chi connectivity index (χ2n) is 5.22. The number of thioether (sulfide) groups is 1. The summed E-state index contributed by atoms with van der Waals surface area (Å²) in [5.41, 5.74) is 2.07. The van der Waals surface area contributed by atoms with E-state index in [1.165, 1.54) is 0 Å². The van der Waals surface area contributed by atoms with E-state index in [2.05, 4.69) is 5.32 Å². The van der Waals surface area contributed by atoms with Crippen LogP contribution in [-0.4, -0.2) is 34.4 Å². The van der Waals surface area contributed by atoms with Gasteiger partial charge >= 0.3 is 0 Å². The van der Waals surface area contributed by atoms with Crippen molar-refractivity contribution in [2.24, 2.45) is 0 Å². The summed E-state index contributed by atoms with van der Waals surface area (Å²) in [7, 11) is 0. The van der Waals surface area contributed by atoms with Crippen LogP contribution in [0.3, 0.4) is 0 Å². The maximum absolute atomic E-state index is 12.4. The van der Waals surface area contributed by atoms with Gasteiger partial charge < -0.3 is 10.2 Å². The van der Waals surface area contributed by atoms with E-state index in [0.29, 0.717) is 22.9 Å². The van der Waals surface area contributed by atoms with Gasteiger partial charge in [0.15, 0.2) is 0 Å². The first-order valence-electron chi connectivity index (χ1n) is 6.85. The monoisotopic (exact) mass is 315 g/mol. The van der Waals surface area contributed by atoms with Crippen molar-refractivity contribution in [2.45, 2.75) is 19.9 Å². The van der Waals surface area contributed by atoms with E-state index in [-0.39, 0.29) is 11.8 Å². The van der Waals surface area contributed by atoms with Crippen molar-refractivity contribution in [1.82, 2.24) is 4.90 Å². The molecule has 0 saturated carbocycles. The molecule has 2 amide bonds. The van der Waals surface area contributed by atoms with Gasteiger partial charge in [-0.3, -0.25) is 9.59 Å². The van der Waals surface area contributed by atoms with Gasteiger partial charge in [-0.05, 0) is 38.1 Å². The molecule has 0 aliphatic carbocycles. The standard InChI is InChI=1S/C16H17N3O2S/c1-11(2)7-15(20)19-10-22-9-14(19)16(21)18-13-5-3-12(8-17)4-6-13/h3-7,14H,9-10H2,1-2H3,(H,18,21). The maximum atomic E-state index is 12.4. The number of anilines is 1. The smallest absolute Gasteiger partial charge is 0.248 e. The minimum atomic E-state index is -0.469. The maximum Gasteiger partial charge on any atom is 0.248 e. The molecule has 1 unspecified atom stereocenters. The fourth-order valence-corrected chi connectivity index (χ4v) is 3.22. The molecule has 1 heterocycles. The van der Waals surface area contributed by atoms with Crippen LogP contribution in [0.1, 0.15) is 19.4 Å². The van der Waals surface area contributed by atoms with Crippen molar-refractivity contribution in [2.75, 3.05) is 16.9 Å². The first-order chi connectivity index (χ1) is 10.5. The molecule has 0 spiro atoms. The van der Waals surface area contributed by atoms with Gasteiger partial charge in [0.25, 0.3) is 0 Å². The van der Waals surface area contributed by atoms with Crippen LogP contribution in [0.4, 0.5) is 5.69 Å². The molecular formula is C16H17N3O2S. The molecule has 2 rings (SSSR count). The van der Waals surface area contributed by atoms with Gasteiger partial charge in [0, 0.05) is 17.5 Å². The van der Waals surface area contributed by atoms with Gasteiger partial charge in [-0.2, -0.15) is 5.26 Å². The zero-order valence-electron chi connectivity index (χ0n) is 12.5. The average molecular weight is 315 g/mol. The number of allylic oxidation sites excluding steroid dienone is 1. The largest absolute Gasteiger partial charge is 0.324 e. The summed E-state index contributed by atoms with van der Waals surface area (Å²) in [6.07, 6.45) is 1.55. The van der Waals surface area contributed by atoms with Crippen molar-refractivity contribution < 1.29 is 9.59 Å². The Hall–Kier alpha value is -2.26. The van der Waals surface area contributed by atoms with Crippen molar-refractivity contribution in [3.05, 3.63) is 41.5 Å². The number of amides is 2. The second-order valence-corrected chi connectivity index (χ2v) is 6.22. The van der Waals surface area contributed by atoms with Gasteiger partial charge in [-0.1, -0.05) is 5.57 Å². The Balaban J connectivity index is 2.06. The van der Waals surface area contributed by atoms with E-state index in [9.17, 15) is 9.59 Å². The fourth-order valence-electron chi connectivity index (χ4n) is 2.06. The molecule has 1 aliphatic rings. The Morgan fingerprint density at radius 3 is 2.64 bits per heavy atom. The van der Waals surface area contributed by atoms with Crippen molar-refractivity contribution in [1.29, 1.82) is 5.26 Å². The third kappa shape index (κ3) is 3.89. The SMILES string of the molecule is CC(C)=CC(=O)N1CSCC1C(=O)Nc1ccc(C#N)cc1. The molecule has 1 aromatic carbocycles. The number of nitriles is 1. The molecule has 1 atom stereocenters. The predicted molar refractivity (Wildman–Crippen MR) is 87.2 cm³/mol. The lowest BCUT2D eigenvalue weighted by Crippen LogP contribution is -2.44. The first-order valence-corrected chi connectivity index (χ1v) is 8.01. The highest BCUT2D eigenvalue weighted by Gasteiger charge is 2.33. The van der Waals surface area contributed by atoms with E-state index in [0.717, 1.165) is 5.57 Å². The zero-order chi connectivity index (χ0) is 16.1. The normalized spacial score (nSPS) is 16.8. The van der Waals surface area contributed by atoms with Gasteiger partial charge in [0.1, 0.15) is 6.04 Å². The Bertz CT molecular complexity index is 642. The summed E-state index contributed by atoms with van der Waals surface area (Å²) < 4.78 is 0. The molecule has 1 aliphatic heterocycles. The summed E-state index contributed by atoms with van der Waals surface area (Å²) >= 11 is 1.56. The minimum absolute atomic E-state index is 0.134. The van der Waals surface area contributed by atoms with Gasteiger partial charge in [-0.15, -0.1) is 11.8 Å². The van der Waals surface area contributed by atoms with E-state index in [1.54, 1.807) is 47.0 Å². The summed E-state index contributed by atoms with van der Waals surface area (Å²) in [5.74, 6) is 0.772. The number of carbonyl (C=O) groups excluding carboxylic acids is 2. The number of hydrogen-bond acceptors (Lipinski definition) is 4. The van der Waals surface area contributed by atoms with Crippen LogP contribution >= 0.6 is 11.8 Å². The summed E-state index contributed by atoms with van der Waals surface area (Å²) in [5, 5.41) is 11.6. The predicted octanol–water partition coefficient (Wildman–Crippen LogP) is 2.36. The molecule has 6 heteroatoms. The lowest BCUT2D eigenvalue weighted by Gasteiger charge is -2.22. The Morgan fingerprint density at radius 1 is 1.36 bits per heavy atom. The highest BCUT2D eigenvalue weighted by molar-refractivity contribution is 7.99. The van der Waals surface area contributed by atoms with E-state index < -0.39 is 6.04 Å². The highest BCUT2D eigenvalue weighted by atomic mass is 32.2. The van der Waals surface area contributed by atoms with Crippen molar-refractivity contribution >= 4 is 29.3 Å². The topological polar surface area (TPSA) is 73.2 Å². The minimum Gasteiger partial charge on any atom is -0.324 e. The van der Waals surface area contributed by atoms with Gasteiger partial charge in [-0.25, -0.2) is 0 Å². The van der Waals surface area contributed by atoms with Crippen molar-refractivity contribution in [3.8, 4) is 6.07 Å². The highest BCUT2D eigenvalue weighted by Crippen LogP contribution is 2.23. The average Bonchev–Trinajstić information content (AvgIpc) is 2.97. The molecule has 5 nitrogen and oxygen atoms in total. The lowest BCUT2D eigenvalue weighted by atomic mass is 10.2. The molecule has 0 bridgehead atoms. The molecule has 0 radical (unpaired) electrons. The molecule has 1 saturated heterocycles. The summed E-state index contributed by atoms with van der Waals surface area (Å²) in [6.45, 7) is 3.71. The van der Waals surface area contributed by atoms with Gasteiger partial charge in [0.2, 0.25) is 11.8 Å². The molecule has 22 heavy (non-hydrogen) atoms. The second kappa shape index (κ2) is 7.14. The third-order valence-corrected chi connectivity index (χ3v) is 4.17. The Labute approximate surface area is 134 Å². The van der Waals surface area contributed by atoms with E-state index in [4.69, 9.17) is 5.26 Å². The van der Waals surface area contributed by atoms with Crippen LogP contribution in [0.5, 0.6) is 0 Å². The third-order valence-electron chi connectivity index (χ3n) is 3.16. The Morgan fingerprint density at radius 2 is 2.05 bits per heavy atom. The van der Waals surface area contributed by atoms with Gasteiger partial charge in [0.05, 0.1) is 17.5 Å².